The monoisotopic (exact) mass is 307 g/mol. The van der Waals surface area contributed by atoms with Gasteiger partial charge in [0.05, 0.1) is 11.5 Å². The molecule has 0 atom stereocenters. The number of rotatable bonds is 5. The van der Waals surface area contributed by atoms with Gasteiger partial charge in [-0.2, -0.15) is 0 Å². The highest BCUT2D eigenvalue weighted by molar-refractivity contribution is 5.98. The van der Waals surface area contributed by atoms with Gasteiger partial charge in [0, 0.05) is 29.8 Å². The molecule has 22 heavy (non-hydrogen) atoms. The third-order valence-corrected chi connectivity index (χ3v) is 2.28. The van der Waals surface area contributed by atoms with E-state index in [0.717, 1.165) is 18.2 Å². The summed E-state index contributed by atoms with van der Waals surface area (Å²) < 4.78 is 4.57. The Balaban J connectivity index is 2.56. The Morgan fingerprint density at radius 3 is 2.64 bits per heavy atom. The molecule has 9 heteroatoms. The number of esters is 1. The second kappa shape index (κ2) is 8.15. The van der Waals surface area contributed by atoms with Crippen LogP contribution in [0.1, 0.15) is 17.3 Å². The normalized spacial score (nSPS) is 10.0. The van der Waals surface area contributed by atoms with Crippen LogP contribution in [0.4, 0.5) is 5.69 Å². The molecule has 0 heterocycles. The molecule has 0 aliphatic carbocycles. The van der Waals surface area contributed by atoms with Crippen molar-refractivity contribution in [3.63, 3.8) is 0 Å². The largest absolute Gasteiger partial charge is 0.463 e. The number of nitro groups is 1. The third-order valence-electron chi connectivity index (χ3n) is 2.28. The second-order valence-electron chi connectivity index (χ2n) is 3.84. The molecule has 0 radical (unpaired) electrons. The van der Waals surface area contributed by atoms with Gasteiger partial charge in [-0.1, -0.05) is 6.07 Å². The summed E-state index contributed by atoms with van der Waals surface area (Å²) in [5.74, 6) is -2.18. The first-order chi connectivity index (χ1) is 10.4. The summed E-state index contributed by atoms with van der Waals surface area (Å²) in [7, 11) is 0. The molecule has 0 unspecified atom stereocenters. The first-order valence-electron chi connectivity index (χ1n) is 6.13. The number of ether oxygens (including phenoxy) is 1. The quantitative estimate of drug-likeness (QED) is 0.352. The molecule has 0 saturated heterocycles. The average Bonchev–Trinajstić information content (AvgIpc) is 2.51. The molecule has 9 nitrogen and oxygen atoms in total. The van der Waals surface area contributed by atoms with Crippen molar-refractivity contribution in [1.29, 1.82) is 0 Å². The third kappa shape index (κ3) is 5.41. The molecule has 1 aromatic carbocycles. The zero-order chi connectivity index (χ0) is 16.5. The summed E-state index contributed by atoms with van der Waals surface area (Å²) >= 11 is 0. The number of hydrazine groups is 1. The van der Waals surface area contributed by atoms with Crippen LogP contribution in [0.15, 0.2) is 36.4 Å². The van der Waals surface area contributed by atoms with Crippen LogP contribution >= 0.6 is 0 Å². The van der Waals surface area contributed by atoms with E-state index in [1.54, 1.807) is 6.92 Å². The summed E-state index contributed by atoms with van der Waals surface area (Å²) in [6.45, 7) is 1.79. The van der Waals surface area contributed by atoms with Crippen LogP contribution in [0.2, 0.25) is 0 Å². The van der Waals surface area contributed by atoms with Crippen molar-refractivity contribution in [2.75, 3.05) is 6.61 Å². The SMILES string of the molecule is CCOC(=O)/C=C/C(=O)NNC(=O)c1cccc([N+](=O)[O-])c1. The zero-order valence-electron chi connectivity index (χ0n) is 11.6. The minimum Gasteiger partial charge on any atom is -0.463 e. The van der Waals surface area contributed by atoms with E-state index in [9.17, 15) is 24.5 Å². The van der Waals surface area contributed by atoms with Gasteiger partial charge < -0.3 is 4.74 Å². The minimum atomic E-state index is -0.758. The van der Waals surface area contributed by atoms with E-state index < -0.39 is 22.7 Å². The summed E-state index contributed by atoms with van der Waals surface area (Å²) in [6, 6.07) is 4.99. The van der Waals surface area contributed by atoms with Crippen LogP contribution in [0.5, 0.6) is 0 Å². The van der Waals surface area contributed by atoms with E-state index in [2.05, 4.69) is 10.2 Å². The topological polar surface area (TPSA) is 128 Å². The van der Waals surface area contributed by atoms with Crippen molar-refractivity contribution < 1.29 is 24.0 Å². The molecule has 0 bridgehead atoms. The van der Waals surface area contributed by atoms with Gasteiger partial charge in [0.25, 0.3) is 17.5 Å². The first-order valence-corrected chi connectivity index (χ1v) is 6.13. The van der Waals surface area contributed by atoms with E-state index in [1.165, 1.54) is 18.2 Å². The van der Waals surface area contributed by atoms with Gasteiger partial charge in [-0.15, -0.1) is 0 Å². The number of benzene rings is 1. The number of carbonyl (C=O) groups excluding carboxylic acids is 3. The second-order valence-corrected chi connectivity index (χ2v) is 3.84. The molecular formula is C13H13N3O6. The Morgan fingerprint density at radius 2 is 2.00 bits per heavy atom. The van der Waals surface area contributed by atoms with Gasteiger partial charge in [0.15, 0.2) is 0 Å². The number of hydrogen-bond donors (Lipinski definition) is 2. The van der Waals surface area contributed by atoms with Gasteiger partial charge >= 0.3 is 5.97 Å². The Morgan fingerprint density at radius 1 is 1.27 bits per heavy atom. The lowest BCUT2D eigenvalue weighted by atomic mass is 10.2. The fraction of sp³-hybridized carbons (Fsp3) is 0.154. The lowest BCUT2D eigenvalue weighted by Crippen LogP contribution is -2.40. The highest BCUT2D eigenvalue weighted by Crippen LogP contribution is 2.12. The first kappa shape index (κ1) is 16.8. The summed E-state index contributed by atoms with van der Waals surface area (Å²) in [5, 5.41) is 10.6. The highest BCUT2D eigenvalue weighted by atomic mass is 16.6. The van der Waals surface area contributed by atoms with Crippen LogP contribution in [0, 0.1) is 10.1 Å². The van der Waals surface area contributed by atoms with Crippen LogP contribution in [-0.4, -0.2) is 29.3 Å². The number of amides is 2. The predicted octanol–water partition coefficient (Wildman–Crippen LogP) is 0.475. The van der Waals surface area contributed by atoms with E-state index in [4.69, 9.17) is 0 Å². The average molecular weight is 307 g/mol. The Bertz CT molecular complexity index is 626. The van der Waals surface area contributed by atoms with Gasteiger partial charge in [-0.3, -0.25) is 30.6 Å². The number of nitrogens with zero attached hydrogens (tertiary/aromatic N) is 1. The molecule has 0 aliphatic rings. The van der Waals surface area contributed by atoms with Crippen molar-refractivity contribution in [2.45, 2.75) is 6.92 Å². The van der Waals surface area contributed by atoms with Crippen molar-refractivity contribution >= 4 is 23.5 Å². The van der Waals surface area contributed by atoms with Crippen molar-refractivity contribution in [3.05, 3.63) is 52.1 Å². The molecule has 0 aromatic heterocycles. The maximum atomic E-state index is 11.7. The lowest BCUT2D eigenvalue weighted by molar-refractivity contribution is -0.384. The van der Waals surface area contributed by atoms with Gasteiger partial charge in [0.2, 0.25) is 0 Å². The summed E-state index contributed by atoms with van der Waals surface area (Å²) in [4.78, 5) is 44.0. The molecule has 0 saturated carbocycles. The number of non-ortho nitro benzene ring substituents is 1. The molecule has 1 rings (SSSR count). The number of hydrogen-bond acceptors (Lipinski definition) is 6. The van der Waals surface area contributed by atoms with Crippen molar-refractivity contribution in [3.8, 4) is 0 Å². The fourth-order valence-corrected chi connectivity index (χ4v) is 1.33. The van der Waals surface area contributed by atoms with Crippen LogP contribution in [-0.2, 0) is 14.3 Å². The fourth-order valence-electron chi connectivity index (χ4n) is 1.33. The lowest BCUT2D eigenvalue weighted by Gasteiger charge is -2.05. The van der Waals surface area contributed by atoms with E-state index in [1.807, 2.05) is 5.43 Å². The van der Waals surface area contributed by atoms with Crippen LogP contribution in [0.3, 0.4) is 0 Å². The number of nitrogens with one attached hydrogen (secondary N) is 2. The number of carbonyl (C=O) groups is 3. The smallest absolute Gasteiger partial charge is 0.330 e. The molecule has 116 valence electrons. The number of nitro benzene ring substituents is 1. The Hall–Kier alpha value is -3.23. The molecule has 2 N–H and O–H groups in total. The summed E-state index contributed by atoms with van der Waals surface area (Å²) in [5.41, 5.74) is 3.83. The minimum absolute atomic E-state index is 0.00359. The Labute approximate surface area is 125 Å². The highest BCUT2D eigenvalue weighted by Gasteiger charge is 2.11. The van der Waals surface area contributed by atoms with E-state index in [-0.39, 0.29) is 17.9 Å². The van der Waals surface area contributed by atoms with Gasteiger partial charge in [0.1, 0.15) is 0 Å². The standard InChI is InChI=1S/C13H13N3O6/c1-2-22-12(18)7-6-11(17)14-15-13(19)9-4-3-5-10(8-9)16(20)21/h3-8H,2H2,1H3,(H,14,17)(H,15,19)/b7-6+. The van der Waals surface area contributed by atoms with Gasteiger partial charge in [-0.25, -0.2) is 4.79 Å². The van der Waals surface area contributed by atoms with E-state index in [0.29, 0.717) is 0 Å². The zero-order valence-corrected chi connectivity index (χ0v) is 11.6. The maximum Gasteiger partial charge on any atom is 0.330 e. The predicted molar refractivity (Wildman–Crippen MR) is 74.5 cm³/mol. The molecule has 0 fully saturated rings. The summed E-state index contributed by atoms with van der Waals surface area (Å²) in [6.07, 6.45) is 1.78. The van der Waals surface area contributed by atoms with Crippen molar-refractivity contribution in [1.82, 2.24) is 10.9 Å². The Kier molecular flexibility index (Phi) is 6.23. The molecule has 0 aliphatic heterocycles. The van der Waals surface area contributed by atoms with Gasteiger partial charge in [-0.05, 0) is 13.0 Å². The van der Waals surface area contributed by atoms with Crippen LogP contribution < -0.4 is 10.9 Å². The van der Waals surface area contributed by atoms with Crippen molar-refractivity contribution in [2.24, 2.45) is 0 Å². The maximum absolute atomic E-state index is 11.7. The van der Waals surface area contributed by atoms with Crippen LogP contribution in [0.25, 0.3) is 0 Å². The molecule has 1 aromatic rings. The molecule has 2 amide bonds. The molecular weight excluding hydrogens is 294 g/mol. The van der Waals surface area contributed by atoms with E-state index >= 15 is 0 Å². The molecule has 0 spiro atoms.